The molecule has 0 N–H and O–H groups in total. The van der Waals surface area contributed by atoms with Crippen LogP contribution in [-0.4, -0.2) is 6.61 Å². The van der Waals surface area contributed by atoms with E-state index in [-0.39, 0.29) is 4.83 Å². The highest BCUT2D eigenvalue weighted by Gasteiger charge is 2.23. The van der Waals surface area contributed by atoms with Crippen LogP contribution in [0.4, 0.5) is 0 Å². The molecule has 1 nitrogen and oxygen atoms in total. The first-order valence-electron chi connectivity index (χ1n) is 6.41. The van der Waals surface area contributed by atoms with E-state index in [0.717, 1.165) is 45.0 Å². The SMILES string of the molecule is Cc1cc(Cl)cc(C(Br)c2cc(Br)cc3c2OCC3)c1. The van der Waals surface area contributed by atoms with E-state index in [4.69, 9.17) is 16.3 Å². The molecule has 0 spiro atoms. The van der Waals surface area contributed by atoms with Gasteiger partial charge in [0.1, 0.15) is 5.75 Å². The molecule has 1 aliphatic rings. The van der Waals surface area contributed by atoms with E-state index in [1.807, 2.05) is 12.1 Å². The average Bonchev–Trinajstić information content (AvgIpc) is 2.83. The number of ether oxygens (including phenoxy) is 1. The summed E-state index contributed by atoms with van der Waals surface area (Å²) in [5, 5.41) is 0.761. The zero-order valence-corrected chi connectivity index (χ0v) is 14.8. The minimum atomic E-state index is 0.0734. The summed E-state index contributed by atoms with van der Waals surface area (Å²) in [7, 11) is 0. The van der Waals surface area contributed by atoms with Crippen molar-refractivity contribution in [1.29, 1.82) is 0 Å². The number of aryl methyl sites for hydroxylation is 1. The van der Waals surface area contributed by atoms with Gasteiger partial charge in [-0.25, -0.2) is 0 Å². The van der Waals surface area contributed by atoms with E-state index >= 15 is 0 Å². The highest BCUT2D eigenvalue weighted by molar-refractivity contribution is 9.10. The molecule has 0 aromatic heterocycles. The van der Waals surface area contributed by atoms with Crippen LogP contribution in [0.5, 0.6) is 5.75 Å². The molecule has 2 aromatic rings. The summed E-state index contributed by atoms with van der Waals surface area (Å²) in [5.41, 5.74) is 4.71. The van der Waals surface area contributed by atoms with E-state index in [0.29, 0.717) is 0 Å². The fourth-order valence-electron chi connectivity index (χ4n) is 2.58. The largest absolute Gasteiger partial charge is 0.493 e. The molecule has 4 heteroatoms. The van der Waals surface area contributed by atoms with Crippen LogP contribution in [0, 0.1) is 6.92 Å². The van der Waals surface area contributed by atoms with Crippen molar-refractivity contribution in [3.05, 3.63) is 62.1 Å². The first-order valence-corrected chi connectivity index (χ1v) is 8.49. The van der Waals surface area contributed by atoms with Gasteiger partial charge in [-0.3, -0.25) is 0 Å². The fourth-order valence-corrected chi connectivity index (χ4v) is 4.00. The van der Waals surface area contributed by atoms with Crippen molar-refractivity contribution in [2.75, 3.05) is 6.61 Å². The maximum Gasteiger partial charge on any atom is 0.127 e. The topological polar surface area (TPSA) is 9.23 Å². The lowest BCUT2D eigenvalue weighted by Crippen LogP contribution is -1.98. The third-order valence-electron chi connectivity index (χ3n) is 3.41. The summed E-state index contributed by atoms with van der Waals surface area (Å²) < 4.78 is 6.89. The van der Waals surface area contributed by atoms with Gasteiger partial charge < -0.3 is 4.74 Å². The van der Waals surface area contributed by atoms with Crippen LogP contribution in [0.1, 0.15) is 27.1 Å². The molecule has 0 saturated carbocycles. The lowest BCUT2D eigenvalue weighted by atomic mass is 10.00. The summed E-state index contributed by atoms with van der Waals surface area (Å²) in [6, 6.07) is 10.4. The molecule has 0 bridgehead atoms. The Balaban J connectivity index is 2.08. The highest BCUT2D eigenvalue weighted by atomic mass is 79.9. The van der Waals surface area contributed by atoms with Crippen LogP contribution in [0.2, 0.25) is 5.02 Å². The number of hydrogen-bond donors (Lipinski definition) is 0. The number of halogens is 3. The Labute approximate surface area is 140 Å². The van der Waals surface area contributed by atoms with Gasteiger partial charge in [0.25, 0.3) is 0 Å². The third-order valence-corrected chi connectivity index (χ3v) is 5.11. The zero-order valence-electron chi connectivity index (χ0n) is 10.9. The summed E-state index contributed by atoms with van der Waals surface area (Å²) in [4.78, 5) is 0.0734. The van der Waals surface area contributed by atoms with Crippen molar-refractivity contribution in [1.82, 2.24) is 0 Å². The molecule has 0 saturated heterocycles. The quantitative estimate of drug-likeness (QED) is 0.560. The molecule has 0 aliphatic carbocycles. The Bertz CT molecular complexity index is 650. The van der Waals surface area contributed by atoms with E-state index in [1.54, 1.807) is 0 Å². The Hall–Kier alpha value is -0.510. The highest BCUT2D eigenvalue weighted by Crippen LogP contribution is 2.43. The normalized spacial score (nSPS) is 14.8. The van der Waals surface area contributed by atoms with Crippen molar-refractivity contribution in [3.63, 3.8) is 0 Å². The zero-order chi connectivity index (χ0) is 14.3. The van der Waals surface area contributed by atoms with Gasteiger partial charge >= 0.3 is 0 Å². The van der Waals surface area contributed by atoms with Gasteiger partial charge in [-0.05, 0) is 47.9 Å². The van der Waals surface area contributed by atoms with Crippen LogP contribution in [0.3, 0.4) is 0 Å². The van der Waals surface area contributed by atoms with Gasteiger partial charge in [0, 0.05) is 21.5 Å². The molecular formula is C16H13Br2ClO. The van der Waals surface area contributed by atoms with Gasteiger partial charge in [0.05, 0.1) is 11.4 Å². The van der Waals surface area contributed by atoms with Crippen molar-refractivity contribution in [2.45, 2.75) is 18.2 Å². The fraction of sp³-hybridized carbons (Fsp3) is 0.250. The van der Waals surface area contributed by atoms with E-state index in [1.165, 1.54) is 5.56 Å². The Kier molecular flexibility index (Phi) is 4.11. The Morgan fingerprint density at radius 2 is 2.00 bits per heavy atom. The molecule has 20 heavy (non-hydrogen) atoms. The second kappa shape index (κ2) is 5.70. The molecule has 0 radical (unpaired) electrons. The van der Waals surface area contributed by atoms with E-state index in [9.17, 15) is 0 Å². The van der Waals surface area contributed by atoms with Crippen molar-refractivity contribution < 1.29 is 4.74 Å². The summed E-state index contributed by atoms with van der Waals surface area (Å²) in [6.45, 7) is 2.81. The molecule has 1 aliphatic heterocycles. The number of hydrogen-bond acceptors (Lipinski definition) is 1. The summed E-state index contributed by atoms with van der Waals surface area (Å²) in [5.74, 6) is 1.01. The second-order valence-electron chi connectivity index (χ2n) is 5.01. The molecule has 0 amide bonds. The summed E-state index contributed by atoms with van der Waals surface area (Å²) >= 11 is 13.5. The first kappa shape index (κ1) is 14.4. The lowest BCUT2D eigenvalue weighted by molar-refractivity contribution is 0.354. The van der Waals surface area contributed by atoms with Gasteiger partial charge in [-0.2, -0.15) is 0 Å². The molecular weight excluding hydrogens is 403 g/mol. The van der Waals surface area contributed by atoms with Crippen LogP contribution >= 0.6 is 43.5 Å². The van der Waals surface area contributed by atoms with Gasteiger partial charge in [0.2, 0.25) is 0 Å². The summed E-state index contributed by atoms with van der Waals surface area (Å²) in [6.07, 6.45) is 0.968. The maximum atomic E-state index is 6.17. The standard InChI is InChI=1S/C16H13Br2ClO/c1-9-4-11(7-13(19)5-9)15(18)14-8-12(17)6-10-2-3-20-16(10)14/h4-8,15H,2-3H2,1H3. The molecule has 1 unspecified atom stereocenters. The number of benzene rings is 2. The molecule has 2 aromatic carbocycles. The van der Waals surface area contributed by atoms with Crippen LogP contribution in [0.15, 0.2) is 34.8 Å². The molecule has 1 heterocycles. The van der Waals surface area contributed by atoms with Crippen LogP contribution < -0.4 is 4.74 Å². The number of fused-ring (bicyclic) bond motifs is 1. The molecule has 0 fully saturated rings. The van der Waals surface area contributed by atoms with E-state index in [2.05, 4.69) is 57.0 Å². The predicted molar refractivity (Wildman–Crippen MR) is 90.3 cm³/mol. The van der Waals surface area contributed by atoms with Crippen LogP contribution in [0.25, 0.3) is 0 Å². The Morgan fingerprint density at radius 1 is 1.20 bits per heavy atom. The molecule has 3 rings (SSSR count). The maximum absolute atomic E-state index is 6.17. The number of alkyl halides is 1. The predicted octanol–water partition coefficient (Wildman–Crippen LogP) is 5.83. The monoisotopic (exact) mass is 414 g/mol. The number of rotatable bonds is 2. The van der Waals surface area contributed by atoms with Crippen molar-refractivity contribution >= 4 is 43.5 Å². The van der Waals surface area contributed by atoms with Crippen molar-refractivity contribution in [3.8, 4) is 5.75 Å². The van der Waals surface area contributed by atoms with Crippen molar-refractivity contribution in [2.24, 2.45) is 0 Å². The average molecular weight is 417 g/mol. The third kappa shape index (κ3) is 2.76. The van der Waals surface area contributed by atoms with E-state index < -0.39 is 0 Å². The first-order chi connectivity index (χ1) is 9.54. The van der Waals surface area contributed by atoms with Gasteiger partial charge in [-0.15, -0.1) is 0 Å². The van der Waals surface area contributed by atoms with Gasteiger partial charge in [-0.1, -0.05) is 49.5 Å². The second-order valence-corrected chi connectivity index (χ2v) is 7.27. The van der Waals surface area contributed by atoms with Gasteiger partial charge in [0.15, 0.2) is 0 Å². The molecule has 104 valence electrons. The lowest BCUT2D eigenvalue weighted by Gasteiger charge is -2.16. The smallest absolute Gasteiger partial charge is 0.127 e. The van der Waals surface area contributed by atoms with Crippen LogP contribution in [-0.2, 0) is 6.42 Å². The minimum Gasteiger partial charge on any atom is -0.493 e. The Morgan fingerprint density at radius 3 is 2.75 bits per heavy atom. The molecule has 1 atom stereocenters. The minimum absolute atomic E-state index is 0.0734.